The summed E-state index contributed by atoms with van der Waals surface area (Å²) in [6.45, 7) is 3.28. The van der Waals surface area contributed by atoms with E-state index in [1.807, 2.05) is 6.92 Å². The van der Waals surface area contributed by atoms with Crippen LogP contribution in [0.25, 0.3) is 0 Å². The number of rotatable bonds is 4. The maximum atomic E-state index is 8.48. The number of H-pyrrole nitrogens is 1. The first kappa shape index (κ1) is 8.75. The molecular formula is C8H12N4. The second-order valence-electron chi connectivity index (χ2n) is 2.70. The van der Waals surface area contributed by atoms with Crippen molar-refractivity contribution in [3.63, 3.8) is 0 Å². The number of hydrogen-bond acceptors (Lipinski definition) is 3. The molecule has 0 aromatic carbocycles. The standard InChI is InChI=1S/C8H12N4/c1-7(4-9)5-10-6-8-11-2-3-12-8/h2-3,7,10H,5-6H2,1H3,(H,11,12). The third kappa shape index (κ3) is 2.72. The molecule has 0 saturated heterocycles. The van der Waals surface area contributed by atoms with Gasteiger partial charge in [-0.1, -0.05) is 0 Å². The molecule has 64 valence electrons. The average molecular weight is 164 g/mol. The first-order valence-corrected chi connectivity index (χ1v) is 3.91. The molecule has 1 heterocycles. The Bertz CT molecular complexity index is 247. The van der Waals surface area contributed by atoms with E-state index in [-0.39, 0.29) is 5.92 Å². The summed E-state index contributed by atoms with van der Waals surface area (Å²) in [7, 11) is 0. The molecule has 1 unspecified atom stereocenters. The van der Waals surface area contributed by atoms with Gasteiger partial charge in [0.05, 0.1) is 18.5 Å². The summed E-state index contributed by atoms with van der Waals surface area (Å²) < 4.78 is 0. The highest BCUT2D eigenvalue weighted by atomic mass is 15.0. The van der Waals surface area contributed by atoms with Crippen LogP contribution in [0, 0.1) is 17.2 Å². The first-order valence-electron chi connectivity index (χ1n) is 3.91. The van der Waals surface area contributed by atoms with Crippen LogP contribution in [0.1, 0.15) is 12.7 Å². The lowest BCUT2D eigenvalue weighted by molar-refractivity contribution is 0.590. The van der Waals surface area contributed by atoms with Crippen LogP contribution in [0.5, 0.6) is 0 Å². The molecule has 1 aromatic heterocycles. The smallest absolute Gasteiger partial charge is 0.120 e. The zero-order valence-electron chi connectivity index (χ0n) is 7.04. The molecule has 12 heavy (non-hydrogen) atoms. The van der Waals surface area contributed by atoms with Crippen LogP contribution in [-0.4, -0.2) is 16.5 Å². The molecular weight excluding hydrogens is 152 g/mol. The van der Waals surface area contributed by atoms with Gasteiger partial charge >= 0.3 is 0 Å². The number of hydrogen-bond donors (Lipinski definition) is 2. The lowest BCUT2D eigenvalue weighted by Crippen LogP contribution is -2.20. The number of aromatic amines is 1. The summed E-state index contributed by atoms with van der Waals surface area (Å²) in [5.41, 5.74) is 0. The van der Waals surface area contributed by atoms with Crippen molar-refractivity contribution in [1.82, 2.24) is 15.3 Å². The van der Waals surface area contributed by atoms with Crippen molar-refractivity contribution >= 4 is 0 Å². The van der Waals surface area contributed by atoms with Crippen LogP contribution >= 0.6 is 0 Å². The predicted molar refractivity (Wildman–Crippen MR) is 45.1 cm³/mol. The van der Waals surface area contributed by atoms with Crippen LogP contribution < -0.4 is 5.32 Å². The van der Waals surface area contributed by atoms with Crippen LogP contribution in [0.3, 0.4) is 0 Å². The van der Waals surface area contributed by atoms with Crippen molar-refractivity contribution in [3.8, 4) is 6.07 Å². The van der Waals surface area contributed by atoms with Gasteiger partial charge in [0.25, 0.3) is 0 Å². The first-order chi connectivity index (χ1) is 5.83. The fourth-order valence-electron chi connectivity index (χ4n) is 0.847. The van der Waals surface area contributed by atoms with Crippen molar-refractivity contribution in [1.29, 1.82) is 5.26 Å². The number of imidazole rings is 1. The third-order valence-corrected chi connectivity index (χ3v) is 1.52. The van der Waals surface area contributed by atoms with Crippen molar-refractivity contribution in [2.75, 3.05) is 6.54 Å². The molecule has 4 heteroatoms. The summed E-state index contributed by atoms with van der Waals surface area (Å²) in [4.78, 5) is 7.01. The molecule has 0 aliphatic rings. The van der Waals surface area contributed by atoms with E-state index >= 15 is 0 Å². The van der Waals surface area contributed by atoms with Gasteiger partial charge in [-0.2, -0.15) is 5.26 Å². The Morgan fingerprint density at radius 2 is 2.67 bits per heavy atom. The van der Waals surface area contributed by atoms with Gasteiger partial charge in [-0.3, -0.25) is 0 Å². The fraction of sp³-hybridized carbons (Fsp3) is 0.500. The van der Waals surface area contributed by atoms with E-state index in [9.17, 15) is 0 Å². The van der Waals surface area contributed by atoms with Crippen molar-refractivity contribution in [2.24, 2.45) is 5.92 Å². The Hall–Kier alpha value is -1.34. The quantitative estimate of drug-likeness (QED) is 0.687. The number of nitrogens with one attached hydrogen (secondary N) is 2. The number of aromatic nitrogens is 2. The summed E-state index contributed by atoms with van der Waals surface area (Å²) in [6, 6.07) is 2.15. The predicted octanol–water partition coefficient (Wildman–Crippen LogP) is 0.659. The molecule has 0 fully saturated rings. The molecule has 2 N–H and O–H groups in total. The summed E-state index contributed by atoms with van der Waals surface area (Å²) in [5.74, 6) is 0.958. The summed E-state index contributed by atoms with van der Waals surface area (Å²) >= 11 is 0. The highest BCUT2D eigenvalue weighted by molar-refractivity contribution is 4.87. The van der Waals surface area contributed by atoms with Crippen molar-refractivity contribution in [2.45, 2.75) is 13.5 Å². The summed E-state index contributed by atoms with van der Waals surface area (Å²) in [6.07, 6.45) is 3.50. The lowest BCUT2D eigenvalue weighted by atomic mass is 10.2. The maximum absolute atomic E-state index is 8.48. The molecule has 1 rings (SSSR count). The topological polar surface area (TPSA) is 64.5 Å². The Labute approximate surface area is 71.6 Å². The van der Waals surface area contributed by atoms with Crippen molar-refractivity contribution < 1.29 is 0 Å². The van der Waals surface area contributed by atoms with Crippen LogP contribution in [-0.2, 0) is 6.54 Å². The molecule has 4 nitrogen and oxygen atoms in total. The minimum Gasteiger partial charge on any atom is -0.348 e. The second kappa shape index (κ2) is 4.52. The monoisotopic (exact) mass is 164 g/mol. The van der Waals surface area contributed by atoms with Gasteiger partial charge in [0, 0.05) is 18.9 Å². The van der Waals surface area contributed by atoms with Crippen LogP contribution in [0.4, 0.5) is 0 Å². The fourth-order valence-corrected chi connectivity index (χ4v) is 0.847. The van der Waals surface area contributed by atoms with Gasteiger partial charge in [-0.05, 0) is 6.92 Å². The van der Waals surface area contributed by atoms with E-state index < -0.39 is 0 Å². The number of nitriles is 1. The largest absolute Gasteiger partial charge is 0.348 e. The lowest BCUT2D eigenvalue weighted by Gasteiger charge is -2.02. The summed E-state index contributed by atoms with van der Waals surface area (Å²) in [5, 5.41) is 11.6. The van der Waals surface area contributed by atoms with E-state index in [1.54, 1.807) is 12.4 Å². The van der Waals surface area contributed by atoms with E-state index in [2.05, 4.69) is 21.4 Å². The van der Waals surface area contributed by atoms with E-state index in [4.69, 9.17) is 5.26 Å². The Morgan fingerprint density at radius 1 is 1.83 bits per heavy atom. The van der Waals surface area contributed by atoms with E-state index in [0.29, 0.717) is 13.1 Å². The molecule has 0 aliphatic carbocycles. The Morgan fingerprint density at radius 3 is 3.25 bits per heavy atom. The zero-order valence-corrected chi connectivity index (χ0v) is 7.04. The minimum absolute atomic E-state index is 0.0555. The molecule has 0 bridgehead atoms. The van der Waals surface area contributed by atoms with E-state index in [0.717, 1.165) is 5.82 Å². The molecule has 0 radical (unpaired) electrons. The second-order valence-corrected chi connectivity index (χ2v) is 2.70. The van der Waals surface area contributed by atoms with Crippen LogP contribution in [0.2, 0.25) is 0 Å². The van der Waals surface area contributed by atoms with Gasteiger partial charge in [-0.25, -0.2) is 4.98 Å². The van der Waals surface area contributed by atoms with Crippen LogP contribution in [0.15, 0.2) is 12.4 Å². The van der Waals surface area contributed by atoms with Gasteiger partial charge in [-0.15, -0.1) is 0 Å². The molecule has 1 atom stereocenters. The highest BCUT2D eigenvalue weighted by Crippen LogP contribution is 1.90. The van der Waals surface area contributed by atoms with E-state index in [1.165, 1.54) is 0 Å². The maximum Gasteiger partial charge on any atom is 0.120 e. The Balaban J connectivity index is 2.16. The average Bonchev–Trinajstić information content (AvgIpc) is 2.57. The van der Waals surface area contributed by atoms with Gasteiger partial charge in [0.15, 0.2) is 0 Å². The van der Waals surface area contributed by atoms with Gasteiger partial charge in [0.1, 0.15) is 5.82 Å². The Kier molecular flexibility index (Phi) is 3.30. The third-order valence-electron chi connectivity index (χ3n) is 1.52. The normalized spacial score (nSPS) is 12.3. The SMILES string of the molecule is CC(C#N)CNCc1ncc[nH]1. The molecule has 1 aromatic rings. The minimum atomic E-state index is 0.0555. The highest BCUT2D eigenvalue weighted by Gasteiger charge is 1.98. The van der Waals surface area contributed by atoms with Gasteiger partial charge < -0.3 is 10.3 Å². The molecule has 0 spiro atoms. The number of nitrogens with zero attached hydrogens (tertiary/aromatic N) is 2. The molecule has 0 aliphatic heterocycles. The zero-order chi connectivity index (χ0) is 8.81. The molecule has 0 amide bonds. The molecule has 0 saturated carbocycles. The van der Waals surface area contributed by atoms with Gasteiger partial charge in [0.2, 0.25) is 0 Å². The van der Waals surface area contributed by atoms with Crippen molar-refractivity contribution in [3.05, 3.63) is 18.2 Å².